The molecule has 0 fully saturated rings. The molecule has 17 heavy (non-hydrogen) atoms. The van der Waals surface area contributed by atoms with E-state index in [2.05, 4.69) is 25.7 Å². The number of halogens is 4. The molecule has 0 atom stereocenters. The largest absolute Gasteiger partial charge is 0.573 e. The van der Waals surface area contributed by atoms with E-state index >= 15 is 0 Å². The molecule has 0 aliphatic rings. The number of pyridine rings is 1. The quantitative estimate of drug-likeness (QED) is 0.805. The van der Waals surface area contributed by atoms with Gasteiger partial charge in [-0.25, -0.2) is 0 Å². The summed E-state index contributed by atoms with van der Waals surface area (Å²) in [4.78, 5) is 3.79. The summed E-state index contributed by atoms with van der Waals surface area (Å²) in [6.45, 7) is 1.63. The van der Waals surface area contributed by atoms with Crippen LogP contribution in [0.25, 0.3) is 0 Å². The number of alkyl halides is 4. The second-order valence-corrected chi connectivity index (χ2v) is 3.77. The van der Waals surface area contributed by atoms with Gasteiger partial charge in [0.15, 0.2) is 5.75 Å². The first kappa shape index (κ1) is 13.8. The van der Waals surface area contributed by atoms with Crippen LogP contribution in [0.15, 0.2) is 6.20 Å². The molecule has 7 heteroatoms. The second kappa shape index (κ2) is 5.36. The number of rotatable bonds is 3. The molecule has 92 valence electrons. The van der Waals surface area contributed by atoms with Crippen molar-refractivity contribution in [2.75, 3.05) is 0 Å². The molecule has 0 aliphatic carbocycles. The van der Waals surface area contributed by atoms with E-state index in [0.29, 0.717) is 11.1 Å². The van der Waals surface area contributed by atoms with E-state index in [1.807, 2.05) is 0 Å². The highest BCUT2D eigenvalue weighted by Gasteiger charge is 2.33. The lowest BCUT2D eigenvalue weighted by atomic mass is 10.1. The average molecular weight is 309 g/mol. The molecular weight excluding hydrogens is 301 g/mol. The standard InChI is InChI=1S/C10H8BrF3N2O/c1-6-5-16-8(2-3-15)9(7(6)4-11)17-10(12,13)14/h5H,2,4H2,1H3. The van der Waals surface area contributed by atoms with E-state index in [9.17, 15) is 13.2 Å². The summed E-state index contributed by atoms with van der Waals surface area (Å²) < 4.78 is 40.7. The molecule has 0 saturated carbocycles. The molecule has 1 rings (SSSR count). The molecule has 0 amide bonds. The fourth-order valence-electron chi connectivity index (χ4n) is 1.27. The topological polar surface area (TPSA) is 45.9 Å². The van der Waals surface area contributed by atoms with Crippen molar-refractivity contribution in [1.82, 2.24) is 4.98 Å². The van der Waals surface area contributed by atoms with Crippen LogP contribution in [-0.2, 0) is 11.8 Å². The fraction of sp³-hybridized carbons (Fsp3) is 0.400. The number of aromatic nitrogens is 1. The summed E-state index contributed by atoms with van der Waals surface area (Å²) in [5.41, 5.74) is 0.912. The minimum atomic E-state index is -4.80. The van der Waals surface area contributed by atoms with Crippen molar-refractivity contribution in [3.8, 4) is 11.8 Å². The number of hydrogen-bond acceptors (Lipinski definition) is 3. The van der Waals surface area contributed by atoms with Gasteiger partial charge in [0.2, 0.25) is 0 Å². The van der Waals surface area contributed by atoms with Gasteiger partial charge in [-0.1, -0.05) is 15.9 Å². The van der Waals surface area contributed by atoms with Crippen molar-refractivity contribution in [1.29, 1.82) is 5.26 Å². The van der Waals surface area contributed by atoms with Crippen LogP contribution in [0.1, 0.15) is 16.8 Å². The van der Waals surface area contributed by atoms with E-state index in [1.165, 1.54) is 6.20 Å². The fourth-order valence-corrected chi connectivity index (χ4v) is 1.96. The van der Waals surface area contributed by atoms with E-state index in [-0.39, 0.29) is 23.2 Å². The van der Waals surface area contributed by atoms with Crippen molar-refractivity contribution in [2.45, 2.75) is 25.0 Å². The van der Waals surface area contributed by atoms with Gasteiger partial charge in [0.25, 0.3) is 0 Å². The van der Waals surface area contributed by atoms with Crippen LogP contribution < -0.4 is 4.74 Å². The number of nitrogens with zero attached hydrogens (tertiary/aromatic N) is 2. The summed E-state index contributed by atoms with van der Waals surface area (Å²) in [6.07, 6.45) is -3.60. The molecule has 0 spiro atoms. The molecular formula is C10H8BrF3N2O. The minimum absolute atomic E-state index is 0.00937. The van der Waals surface area contributed by atoms with Crippen LogP contribution in [-0.4, -0.2) is 11.3 Å². The van der Waals surface area contributed by atoms with Gasteiger partial charge in [0.05, 0.1) is 18.2 Å². The summed E-state index contributed by atoms with van der Waals surface area (Å²) in [6, 6.07) is 1.76. The highest BCUT2D eigenvalue weighted by Crippen LogP contribution is 2.32. The van der Waals surface area contributed by atoms with Crippen molar-refractivity contribution >= 4 is 15.9 Å². The van der Waals surface area contributed by atoms with Gasteiger partial charge in [-0.05, 0) is 12.5 Å². The lowest BCUT2D eigenvalue weighted by Crippen LogP contribution is -2.20. The lowest BCUT2D eigenvalue weighted by Gasteiger charge is -2.16. The van der Waals surface area contributed by atoms with Gasteiger partial charge in [-0.3, -0.25) is 4.98 Å². The summed E-state index contributed by atoms with van der Waals surface area (Å²) >= 11 is 3.09. The van der Waals surface area contributed by atoms with Crippen LogP contribution >= 0.6 is 15.9 Å². The average Bonchev–Trinajstić information content (AvgIpc) is 2.21. The summed E-state index contributed by atoms with van der Waals surface area (Å²) in [5, 5.41) is 8.74. The SMILES string of the molecule is Cc1cnc(CC#N)c(OC(F)(F)F)c1CBr. The first-order valence-corrected chi connectivity index (χ1v) is 5.67. The highest BCUT2D eigenvalue weighted by atomic mass is 79.9. The molecule has 1 heterocycles. The van der Waals surface area contributed by atoms with Gasteiger partial charge in [0.1, 0.15) is 0 Å². The molecule has 0 aromatic carbocycles. The molecule has 1 aromatic heterocycles. The Morgan fingerprint density at radius 3 is 2.65 bits per heavy atom. The Kier molecular flexibility index (Phi) is 4.34. The van der Waals surface area contributed by atoms with Crippen molar-refractivity contribution in [3.63, 3.8) is 0 Å². The Morgan fingerprint density at radius 2 is 2.18 bits per heavy atom. The Bertz CT molecular complexity index is 454. The predicted molar refractivity (Wildman–Crippen MR) is 57.6 cm³/mol. The van der Waals surface area contributed by atoms with E-state index in [4.69, 9.17) is 5.26 Å². The van der Waals surface area contributed by atoms with Crippen molar-refractivity contribution in [2.24, 2.45) is 0 Å². The van der Waals surface area contributed by atoms with Crippen LogP contribution in [0.4, 0.5) is 13.2 Å². The first-order chi connectivity index (χ1) is 7.89. The van der Waals surface area contributed by atoms with Gasteiger partial charge >= 0.3 is 6.36 Å². The Balaban J connectivity index is 3.29. The smallest absolute Gasteiger partial charge is 0.403 e. The van der Waals surface area contributed by atoms with Crippen molar-refractivity contribution < 1.29 is 17.9 Å². The van der Waals surface area contributed by atoms with Gasteiger partial charge in [-0.15, -0.1) is 13.2 Å². The molecule has 0 aliphatic heterocycles. The maximum absolute atomic E-state index is 12.3. The molecule has 0 unspecified atom stereocenters. The van der Waals surface area contributed by atoms with Crippen LogP contribution in [0.2, 0.25) is 0 Å². The third kappa shape index (κ3) is 3.60. The maximum Gasteiger partial charge on any atom is 0.573 e. The minimum Gasteiger partial charge on any atom is -0.403 e. The number of ether oxygens (including phenoxy) is 1. The van der Waals surface area contributed by atoms with Crippen LogP contribution in [0.3, 0.4) is 0 Å². The van der Waals surface area contributed by atoms with Crippen LogP contribution in [0.5, 0.6) is 5.75 Å². The monoisotopic (exact) mass is 308 g/mol. The third-order valence-corrected chi connectivity index (χ3v) is 2.58. The number of nitriles is 1. The molecule has 0 bridgehead atoms. The summed E-state index contributed by atoms with van der Waals surface area (Å²) in [5.74, 6) is -0.379. The lowest BCUT2D eigenvalue weighted by molar-refractivity contribution is -0.275. The molecule has 0 radical (unpaired) electrons. The Hall–Kier alpha value is -1.29. The van der Waals surface area contributed by atoms with E-state index < -0.39 is 6.36 Å². The normalized spacial score (nSPS) is 11.1. The summed E-state index contributed by atoms with van der Waals surface area (Å²) in [7, 11) is 0. The van der Waals surface area contributed by atoms with Crippen molar-refractivity contribution in [3.05, 3.63) is 23.0 Å². The third-order valence-electron chi connectivity index (χ3n) is 2.02. The zero-order valence-corrected chi connectivity index (χ0v) is 10.4. The zero-order valence-electron chi connectivity index (χ0n) is 8.81. The van der Waals surface area contributed by atoms with Crippen LogP contribution in [0, 0.1) is 18.3 Å². The first-order valence-electron chi connectivity index (χ1n) is 4.55. The zero-order chi connectivity index (χ0) is 13.1. The van der Waals surface area contributed by atoms with E-state index in [0.717, 1.165) is 0 Å². The van der Waals surface area contributed by atoms with Gasteiger partial charge in [0, 0.05) is 17.1 Å². The Labute approximate surface area is 104 Å². The maximum atomic E-state index is 12.3. The van der Waals surface area contributed by atoms with E-state index in [1.54, 1.807) is 13.0 Å². The van der Waals surface area contributed by atoms with Gasteiger partial charge in [-0.2, -0.15) is 5.26 Å². The number of hydrogen-bond donors (Lipinski definition) is 0. The Morgan fingerprint density at radius 1 is 1.53 bits per heavy atom. The molecule has 0 N–H and O–H groups in total. The predicted octanol–water partition coefficient (Wildman–Crippen LogP) is 3.25. The number of aryl methyl sites for hydroxylation is 1. The second-order valence-electron chi connectivity index (χ2n) is 3.21. The molecule has 0 saturated heterocycles. The molecule has 1 aromatic rings. The molecule has 3 nitrogen and oxygen atoms in total. The van der Waals surface area contributed by atoms with Gasteiger partial charge < -0.3 is 4.74 Å². The highest BCUT2D eigenvalue weighted by molar-refractivity contribution is 9.08.